The molecule has 1 spiro atoms. The molecule has 6 rings (SSSR count). The predicted molar refractivity (Wildman–Crippen MR) is 121 cm³/mol. The van der Waals surface area contributed by atoms with E-state index >= 15 is 0 Å². The Morgan fingerprint density at radius 1 is 1.25 bits per heavy atom. The molecule has 2 bridgehead atoms. The minimum absolute atomic E-state index is 0. The number of rotatable bonds is 7. The van der Waals surface area contributed by atoms with Crippen LogP contribution in [0.3, 0.4) is 0 Å². The third-order valence-electron chi connectivity index (χ3n) is 8.74. The summed E-state index contributed by atoms with van der Waals surface area (Å²) >= 11 is 0. The van der Waals surface area contributed by atoms with Crippen molar-refractivity contribution in [3.05, 3.63) is 11.8 Å². The van der Waals surface area contributed by atoms with Gasteiger partial charge in [-0.25, -0.2) is 9.78 Å². The van der Waals surface area contributed by atoms with Gasteiger partial charge in [-0.05, 0) is 50.0 Å². The van der Waals surface area contributed by atoms with Gasteiger partial charge in [-0.1, -0.05) is 13.8 Å². The zero-order valence-corrected chi connectivity index (χ0v) is 23.5. The number of carbonyl (C=O) groups excluding carboxylic acids is 3. The fraction of sp³-hybridized carbons (Fsp3) is 0.760. The van der Waals surface area contributed by atoms with Crippen LogP contribution < -0.4 is 40.0 Å². The van der Waals surface area contributed by atoms with E-state index in [0.717, 1.165) is 24.8 Å². The van der Waals surface area contributed by atoms with Gasteiger partial charge in [-0.15, -0.1) is 0 Å². The molecule has 0 radical (unpaired) electrons. The number of fused-ring (bicyclic) bond motifs is 2. The molecule has 11 heteroatoms. The van der Waals surface area contributed by atoms with Crippen LogP contribution in [0.1, 0.15) is 65.7 Å². The van der Waals surface area contributed by atoms with Gasteiger partial charge in [0, 0.05) is 50.1 Å². The third kappa shape index (κ3) is 4.69. The van der Waals surface area contributed by atoms with E-state index in [1.54, 1.807) is 17.3 Å². The number of ether oxygens (including phenoxy) is 1. The summed E-state index contributed by atoms with van der Waals surface area (Å²) in [6, 6.07) is -1.15. The van der Waals surface area contributed by atoms with Crippen molar-refractivity contribution in [1.29, 1.82) is 0 Å². The van der Waals surface area contributed by atoms with Gasteiger partial charge in [0.1, 0.15) is 0 Å². The second kappa shape index (κ2) is 10.5. The largest absolute Gasteiger partial charge is 1.00 e. The molecule has 8 atom stereocenters. The number of nitrogens with zero attached hydrogens (tertiary/aromatic N) is 2. The number of carboxylic acid groups (broad SMARTS) is 1. The number of carbonyl (C=O) groups is 3. The van der Waals surface area contributed by atoms with Crippen LogP contribution in [0.25, 0.3) is 0 Å². The molecule has 6 aliphatic rings. The molecule has 1 aliphatic carbocycles. The van der Waals surface area contributed by atoms with Crippen molar-refractivity contribution in [2.24, 2.45) is 28.7 Å². The molecule has 5 aliphatic heterocycles. The van der Waals surface area contributed by atoms with E-state index in [1.165, 1.54) is 0 Å². The quantitative estimate of drug-likeness (QED) is 0.311. The van der Waals surface area contributed by atoms with Crippen LogP contribution in [0.2, 0.25) is 0 Å². The third-order valence-corrected chi connectivity index (χ3v) is 8.74. The second-order valence-corrected chi connectivity index (χ2v) is 11.0. The number of nitrogens with one attached hydrogen (secondary N) is 1. The van der Waals surface area contributed by atoms with Crippen molar-refractivity contribution >= 4 is 24.0 Å². The molecule has 36 heavy (non-hydrogen) atoms. The van der Waals surface area contributed by atoms with E-state index in [2.05, 4.69) is 17.2 Å². The van der Waals surface area contributed by atoms with Crippen molar-refractivity contribution in [2.45, 2.75) is 89.4 Å². The number of aliphatic carboxylic acids is 1. The number of aliphatic imine (C=N–C) groups is 1. The summed E-state index contributed by atoms with van der Waals surface area (Å²) in [6.45, 7) is 6.07. The Morgan fingerprint density at radius 3 is 2.72 bits per heavy atom. The maximum absolute atomic E-state index is 13.5. The van der Waals surface area contributed by atoms with E-state index in [1.807, 2.05) is 13.8 Å². The van der Waals surface area contributed by atoms with E-state index in [9.17, 15) is 19.5 Å². The summed E-state index contributed by atoms with van der Waals surface area (Å²) in [6.07, 6.45) is 6.69. The van der Waals surface area contributed by atoms with Crippen molar-refractivity contribution in [3.63, 3.8) is 0 Å². The number of hydrogen-bond donors (Lipinski definition) is 1. The van der Waals surface area contributed by atoms with Crippen LogP contribution in [-0.2, 0) is 28.9 Å². The summed E-state index contributed by atoms with van der Waals surface area (Å²) in [5, 5.41) is 14.2. The normalized spacial score (nSPS) is 39.5. The molecule has 2 amide bonds. The van der Waals surface area contributed by atoms with Crippen LogP contribution in [0.4, 0.5) is 0 Å². The Bertz CT molecular complexity index is 973. The molecular weight excluding hydrogens is 477 g/mol. The zero-order chi connectivity index (χ0) is 25.0. The van der Waals surface area contributed by atoms with Crippen LogP contribution in [0, 0.1) is 23.7 Å². The minimum atomic E-state index is -1.35. The molecule has 1 saturated carbocycles. The molecule has 1 N–H and O–H groups in total. The molecular formula is C25H34N3NaO7. The first-order chi connectivity index (χ1) is 16.6. The first-order valence-corrected chi connectivity index (χ1v) is 12.7. The smallest absolute Gasteiger partial charge is 0.548 e. The van der Waals surface area contributed by atoms with Gasteiger partial charge in [0.2, 0.25) is 17.6 Å². The van der Waals surface area contributed by atoms with Gasteiger partial charge in [0.25, 0.3) is 0 Å². The van der Waals surface area contributed by atoms with E-state index < -0.39 is 35.5 Å². The fourth-order valence-corrected chi connectivity index (χ4v) is 6.84. The molecule has 0 aromatic carbocycles. The second-order valence-electron chi connectivity index (χ2n) is 11.0. The van der Waals surface area contributed by atoms with E-state index in [4.69, 9.17) is 14.5 Å². The topological polar surface area (TPSA) is 130 Å². The fourth-order valence-electron chi connectivity index (χ4n) is 6.84. The first-order valence-electron chi connectivity index (χ1n) is 12.7. The maximum Gasteiger partial charge on any atom is 1.00 e. The summed E-state index contributed by atoms with van der Waals surface area (Å²) in [4.78, 5) is 55.5. The van der Waals surface area contributed by atoms with Crippen molar-refractivity contribution < 1.29 is 63.6 Å². The molecule has 0 aromatic heterocycles. The predicted octanol–water partition coefficient (Wildman–Crippen LogP) is -1.94. The van der Waals surface area contributed by atoms with Crippen molar-refractivity contribution in [1.82, 2.24) is 10.2 Å². The summed E-state index contributed by atoms with van der Waals surface area (Å²) in [5.74, 6) is -2.61. The molecule has 10 nitrogen and oxygen atoms in total. The number of piperidine rings is 1. The zero-order valence-electron chi connectivity index (χ0n) is 21.5. The number of amides is 2. The van der Waals surface area contributed by atoms with Gasteiger partial charge in [0.05, 0.1) is 12.0 Å². The Balaban J connectivity index is 0.00000304. The Hall–Kier alpha value is -1.30. The van der Waals surface area contributed by atoms with Gasteiger partial charge in [0.15, 0.2) is 11.8 Å². The van der Waals surface area contributed by atoms with Gasteiger partial charge in [-0.3, -0.25) is 14.6 Å². The first kappa shape index (κ1) is 27.7. The minimum Gasteiger partial charge on any atom is -0.548 e. The maximum atomic E-state index is 13.5. The molecule has 8 unspecified atom stereocenters. The summed E-state index contributed by atoms with van der Waals surface area (Å²) in [5.41, 5.74) is 0.0374. The molecule has 0 aromatic rings. The molecule has 5 heterocycles. The monoisotopic (exact) mass is 511 g/mol. The summed E-state index contributed by atoms with van der Waals surface area (Å²) < 4.78 is 6.45. The SMILES string of the molecule is CC1CCC2C(C)C(=O)N(CCC(=O)NC(CC3=CN=CC3)C(=O)[O-])C3OC4(C)CCC1C23OO4.[Na+]. The Kier molecular flexibility index (Phi) is 8.05. The van der Waals surface area contributed by atoms with Gasteiger partial charge in [-0.2, -0.15) is 0 Å². The molecule has 192 valence electrons. The number of hydrogen-bond acceptors (Lipinski definition) is 8. The van der Waals surface area contributed by atoms with Crippen LogP contribution in [0.15, 0.2) is 16.8 Å². The number of carboxylic acids is 1. The molecule has 5 fully saturated rings. The van der Waals surface area contributed by atoms with Crippen molar-refractivity contribution in [3.8, 4) is 0 Å². The average molecular weight is 512 g/mol. The number of likely N-dealkylation sites (tertiary alicyclic amines) is 1. The van der Waals surface area contributed by atoms with E-state index in [-0.39, 0.29) is 72.6 Å². The summed E-state index contributed by atoms with van der Waals surface area (Å²) in [7, 11) is 0. The van der Waals surface area contributed by atoms with Crippen molar-refractivity contribution in [2.75, 3.05) is 6.54 Å². The van der Waals surface area contributed by atoms with Crippen LogP contribution in [-0.4, -0.2) is 59.1 Å². The van der Waals surface area contributed by atoms with Gasteiger partial charge < -0.3 is 24.9 Å². The Labute approximate surface area is 233 Å². The van der Waals surface area contributed by atoms with E-state index in [0.29, 0.717) is 18.8 Å². The van der Waals surface area contributed by atoms with Crippen LogP contribution in [0.5, 0.6) is 0 Å². The Morgan fingerprint density at radius 2 is 2.03 bits per heavy atom. The average Bonchev–Trinajstić information content (AvgIpc) is 3.22. The van der Waals surface area contributed by atoms with Crippen LogP contribution >= 0.6 is 0 Å². The van der Waals surface area contributed by atoms with Gasteiger partial charge >= 0.3 is 29.6 Å². The standard InChI is InChI=1S/C25H35N3O7.Na/c1-14-4-5-18-15(2)21(30)28(23-25(18)17(14)6-9-24(3,33-23)34-35-25)11-8-20(29)27-19(22(31)32)12-16-7-10-26-13-16;/h10,13-15,17-19,23H,4-9,11-12H2,1-3H3,(H,27,29)(H,31,32);/q;+1/p-1. The molecule has 4 saturated heterocycles.